The molecule has 1 saturated carbocycles. The monoisotopic (exact) mass is 239 g/mol. The Kier molecular flexibility index (Phi) is 4.87. The lowest BCUT2D eigenvalue weighted by molar-refractivity contribution is 0.0634. The first-order valence-corrected chi connectivity index (χ1v) is 7.50. The first-order valence-electron chi connectivity index (χ1n) is 7.50. The van der Waals surface area contributed by atoms with Gasteiger partial charge in [0, 0.05) is 25.3 Å². The van der Waals surface area contributed by atoms with Gasteiger partial charge in [-0.3, -0.25) is 0 Å². The number of ether oxygens (including phenoxy) is 1. The van der Waals surface area contributed by atoms with Gasteiger partial charge in [-0.1, -0.05) is 27.2 Å². The topological polar surface area (TPSA) is 21.3 Å². The van der Waals surface area contributed by atoms with Crippen molar-refractivity contribution in [3.63, 3.8) is 0 Å². The molecule has 1 heterocycles. The predicted octanol–water partition coefficient (Wildman–Crippen LogP) is 3.22. The van der Waals surface area contributed by atoms with Crippen molar-refractivity contribution >= 4 is 0 Å². The Hall–Kier alpha value is -0.0800. The summed E-state index contributed by atoms with van der Waals surface area (Å²) in [5.74, 6) is 2.61. The summed E-state index contributed by atoms with van der Waals surface area (Å²) >= 11 is 0. The van der Waals surface area contributed by atoms with Gasteiger partial charge in [0.2, 0.25) is 0 Å². The van der Waals surface area contributed by atoms with Crippen molar-refractivity contribution in [2.24, 2.45) is 17.8 Å². The quantitative estimate of drug-likeness (QED) is 0.816. The maximum absolute atomic E-state index is 5.44. The highest BCUT2D eigenvalue weighted by molar-refractivity contribution is 4.88. The number of rotatable bonds is 3. The standard InChI is InChI=1S/C15H29NO/c1-11(2)14-5-4-12(3)10-15(14)16-13-6-8-17-9-7-13/h11-16H,4-10H2,1-3H3. The van der Waals surface area contributed by atoms with Crippen LogP contribution in [0.2, 0.25) is 0 Å². The minimum atomic E-state index is 0.709. The van der Waals surface area contributed by atoms with Crippen LogP contribution in [0.4, 0.5) is 0 Å². The smallest absolute Gasteiger partial charge is 0.0480 e. The maximum Gasteiger partial charge on any atom is 0.0480 e. The molecule has 0 aromatic heterocycles. The second-order valence-corrected chi connectivity index (χ2v) is 6.49. The van der Waals surface area contributed by atoms with Gasteiger partial charge in [0.1, 0.15) is 0 Å². The second kappa shape index (κ2) is 6.19. The van der Waals surface area contributed by atoms with Crippen LogP contribution in [0.15, 0.2) is 0 Å². The fourth-order valence-electron chi connectivity index (χ4n) is 3.56. The Balaban J connectivity index is 1.89. The van der Waals surface area contributed by atoms with Crippen LogP contribution < -0.4 is 5.32 Å². The van der Waals surface area contributed by atoms with E-state index in [0.29, 0.717) is 6.04 Å². The fraction of sp³-hybridized carbons (Fsp3) is 1.00. The van der Waals surface area contributed by atoms with Gasteiger partial charge in [0.25, 0.3) is 0 Å². The lowest BCUT2D eigenvalue weighted by Crippen LogP contribution is -2.48. The Morgan fingerprint density at radius 2 is 1.76 bits per heavy atom. The molecule has 0 bridgehead atoms. The van der Waals surface area contributed by atoms with Crippen LogP contribution in [0.1, 0.15) is 52.9 Å². The van der Waals surface area contributed by atoms with Gasteiger partial charge < -0.3 is 10.1 Å². The average Bonchev–Trinajstić information content (AvgIpc) is 2.30. The normalized spacial score (nSPS) is 36.4. The third-order valence-corrected chi connectivity index (χ3v) is 4.69. The van der Waals surface area contributed by atoms with Crippen LogP contribution in [0.5, 0.6) is 0 Å². The fourth-order valence-corrected chi connectivity index (χ4v) is 3.56. The van der Waals surface area contributed by atoms with E-state index in [4.69, 9.17) is 4.74 Å². The van der Waals surface area contributed by atoms with Gasteiger partial charge >= 0.3 is 0 Å². The zero-order chi connectivity index (χ0) is 12.3. The molecular formula is C15H29NO. The minimum Gasteiger partial charge on any atom is -0.381 e. The number of hydrogen-bond donors (Lipinski definition) is 1. The molecule has 100 valence electrons. The van der Waals surface area contributed by atoms with E-state index in [2.05, 4.69) is 26.1 Å². The molecule has 1 aliphatic heterocycles. The third kappa shape index (κ3) is 3.69. The zero-order valence-corrected chi connectivity index (χ0v) is 11.7. The number of nitrogens with one attached hydrogen (secondary N) is 1. The van der Waals surface area contributed by atoms with E-state index in [1.54, 1.807) is 0 Å². The summed E-state index contributed by atoms with van der Waals surface area (Å²) in [6.45, 7) is 9.09. The van der Waals surface area contributed by atoms with Gasteiger partial charge in [-0.15, -0.1) is 0 Å². The Labute approximate surface area is 107 Å². The number of hydrogen-bond acceptors (Lipinski definition) is 2. The second-order valence-electron chi connectivity index (χ2n) is 6.49. The molecule has 2 nitrogen and oxygen atoms in total. The summed E-state index contributed by atoms with van der Waals surface area (Å²) in [5, 5.41) is 3.94. The Bertz CT molecular complexity index is 223. The van der Waals surface area contributed by atoms with Crippen molar-refractivity contribution in [3.05, 3.63) is 0 Å². The van der Waals surface area contributed by atoms with Crippen molar-refractivity contribution in [3.8, 4) is 0 Å². The van der Waals surface area contributed by atoms with Crippen molar-refractivity contribution in [2.75, 3.05) is 13.2 Å². The van der Waals surface area contributed by atoms with E-state index in [-0.39, 0.29) is 0 Å². The van der Waals surface area contributed by atoms with Crippen LogP contribution in [-0.4, -0.2) is 25.3 Å². The Morgan fingerprint density at radius 1 is 1.06 bits per heavy atom. The third-order valence-electron chi connectivity index (χ3n) is 4.69. The highest BCUT2D eigenvalue weighted by Gasteiger charge is 2.32. The van der Waals surface area contributed by atoms with Crippen LogP contribution in [0, 0.1) is 17.8 Å². The average molecular weight is 239 g/mol. The lowest BCUT2D eigenvalue weighted by Gasteiger charge is -2.40. The van der Waals surface area contributed by atoms with E-state index in [1.807, 2.05) is 0 Å². The first-order chi connectivity index (χ1) is 8.16. The van der Waals surface area contributed by atoms with Gasteiger partial charge in [-0.25, -0.2) is 0 Å². The van der Waals surface area contributed by atoms with Crippen LogP contribution in [-0.2, 0) is 4.74 Å². The molecule has 0 amide bonds. The van der Waals surface area contributed by atoms with Crippen molar-refractivity contribution in [1.82, 2.24) is 5.32 Å². The molecule has 17 heavy (non-hydrogen) atoms. The lowest BCUT2D eigenvalue weighted by atomic mass is 9.73. The molecule has 1 aliphatic carbocycles. The molecule has 0 radical (unpaired) electrons. The van der Waals surface area contributed by atoms with Crippen molar-refractivity contribution in [1.29, 1.82) is 0 Å². The molecule has 0 aromatic rings. The van der Waals surface area contributed by atoms with Gasteiger partial charge in [-0.2, -0.15) is 0 Å². The molecule has 1 N–H and O–H groups in total. The minimum absolute atomic E-state index is 0.709. The largest absolute Gasteiger partial charge is 0.381 e. The van der Waals surface area contributed by atoms with Crippen LogP contribution in [0.3, 0.4) is 0 Å². The summed E-state index contributed by atoms with van der Waals surface area (Å²) in [7, 11) is 0. The summed E-state index contributed by atoms with van der Waals surface area (Å²) in [4.78, 5) is 0. The SMILES string of the molecule is CC1CCC(C(C)C)C(NC2CCOCC2)C1. The van der Waals surface area contributed by atoms with Crippen molar-refractivity contribution < 1.29 is 4.74 Å². The first kappa shape index (κ1) is 13.4. The molecule has 0 aromatic carbocycles. The van der Waals surface area contributed by atoms with Gasteiger partial charge in [0.05, 0.1) is 0 Å². The van der Waals surface area contributed by atoms with Crippen LogP contribution in [0.25, 0.3) is 0 Å². The molecule has 3 unspecified atom stereocenters. The predicted molar refractivity (Wildman–Crippen MR) is 72.1 cm³/mol. The molecule has 3 atom stereocenters. The van der Waals surface area contributed by atoms with Crippen molar-refractivity contribution in [2.45, 2.75) is 65.0 Å². The highest BCUT2D eigenvalue weighted by Crippen LogP contribution is 2.34. The van der Waals surface area contributed by atoms with E-state index < -0.39 is 0 Å². The summed E-state index contributed by atoms with van der Waals surface area (Å²) < 4.78 is 5.44. The molecule has 2 rings (SSSR count). The molecule has 2 aliphatic rings. The van der Waals surface area contributed by atoms with E-state index >= 15 is 0 Å². The molecule has 1 saturated heterocycles. The highest BCUT2D eigenvalue weighted by atomic mass is 16.5. The zero-order valence-electron chi connectivity index (χ0n) is 11.7. The van der Waals surface area contributed by atoms with E-state index in [0.717, 1.165) is 37.0 Å². The van der Waals surface area contributed by atoms with Gasteiger partial charge in [-0.05, 0) is 43.4 Å². The maximum atomic E-state index is 5.44. The molecule has 0 spiro atoms. The molecule has 2 heteroatoms. The van der Waals surface area contributed by atoms with E-state index in [9.17, 15) is 0 Å². The van der Waals surface area contributed by atoms with Crippen LogP contribution >= 0.6 is 0 Å². The van der Waals surface area contributed by atoms with Gasteiger partial charge in [0.15, 0.2) is 0 Å². The van der Waals surface area contributed by atoms with E-state index in [1.165, 1.54) is 32.1 Å². The molecule has 2 fully saturated rings. The summed E-state index contributed by atoms with van der Waals surface area (Å²) in [6, 6.07) is 1.46. The molecular weight excluding hydrogens is 210 g/mol. The Morgan fingerprint density at radius 3 is 2.41 bits per heavy atom. The summed E-state index contributed by atoms with van der Waals surface area (Å²) in [5.41, 5.74) is 0. The summed E-state index contributed by atoms with van der Waals surface area (Å²) in [6.07, 6.45) is 6.63.